The smallest absolute Gasteiger partial charge is 0.193 e. The molecule has 2 N–H and O–H groups in total. The molecule has 1 fully saturated rings. The fourth-order valence-corrected chi connectivity index (χ4v) is 2.61. The molecule has 8 heteroatoms. The Morgan fingerprint density at radius 1 is 1.25 bits per heavy atom. The molecular formula is C20H34IN3O4. The van der Waals surface area contributed by atoms with Crippen LogP contribution in [-0.4, -0.2) is 70.1 Å². The molecule has 0 aliphatic heterocycles. The van der Waals surface area contributed by atoms with Crippen molar-refractivity contribution in [1.82, 2.24) is 10.2 Å². The van der Waals surface area contributed by atoms with Crippen LogP contribution in [0.1, 0.15) is 31.4 Å². The Balaban J connectivity index is 0.00000392. The van der Waals surface area contributed by atoms with Crippen molar-refractivity contribution in [3.05, 3.63) is 23.8 Å². The van der Waals surface area contributed by atoms with E-state index in [0.717, 1.165) is 31.6 Å². The van der Waals surface area contributed by atoms with E-state index in [9.17, 15) is 5.11 Å². The number of methoxy groups -OCH3 is 2. The van der Waals surface area contributed by atoms with Gasteiger partial charge in [-0.3, -0.25) is 4.99 Å². The molecule has 0 bridgehead atoms. The predicted molar refractivity (Wildman–Crippen MR) is 122 cm³/mol. The number of halogens is 1. The monoisotopic (exact) mass is 507 g/mol. The zero-order valence-corrected chi connectivity index (χ0v) is 19.6. The molecule has 28 heavy (non-hydrogen) atoms. The molecule has 0 radical (unpaired) electrons. The minimum atomic E-state index is -0.748. The van der Waals surface area contributed by atoms with E-state index in [1.54, 1.807) is 32.4 Å². The maximum absolute atomic E-state index is 10.6. The highest BCUT2D eigenvalue weighted by Crippen LogP contribution is 2.28. The first-order chi connectivity index (χ1) is 13.1. The topological polar surface area (TPSA) is 75.6 Å². The van der Waals surface area contributed by atoms with Crippen LogP contribution in [0.2, 0.25) is 0 Å². The Morgan fingerprint density at radius 2 is 1.89 bits per heavy atom. The minimum Gasteiger partial charge on any atom is -0.497 e. The van der Waals surface area contributed by atoms with Gasteiger partial charge in [0.2, 0.25) is 0 Å². The Bertz CT molecular complexity index is 589. The van der Waals surface area contributed by atoms with Crippen molar-refractivity contribution in [2.75, 3.05) is 54.1 Å². The Kier molecular flexibility index (Phi) is 11.6. The van der Waals surface area contributed by atoms with Gasteiger partial charge in [0.05, 0.1) is 33.5 Å². The lowest BCUT2D eigenvalue weighted by Gasteiger charge is -2.22. The molecule has 1 aliphatic rings. The summed E-state index contributed by atoms with van der Waals surface area (Å²) >= 11 is 0. The number of aliphatic imine (C=N–C) groups is 1. The van der Waals surface area contributed by atoms with E-state index in [2.05, 4.69) is 10.3 Å². The van der Waals surface area contributed by atoms with Gasteiger partial charge in [-0.05, 0) is 43.4 Å². The van der Waals surface area contributed by atoms with Gasteiger partial charge < -0.3 is 29.5 Å². The predicted octanol–water partition coefficient (Wildman–Crippen LogP) is 2.68. The minimum absolute atomic E-state index is 0. The van der Waals surface area contributed by atoms with Gasteiger partial charge >= 0.3 is 0 Å². The summed E-state index contributed by atoms with van der Waals surface area (Å²) in [6.07, 6.45) is 1.85. The molecule has 0 aromatic heterocycles. The molecule has 1 aliphatic carbocycles. The number of hydrogen-bond donors (Lipinski definition) is 2. The zero-order chi connectivity index (χ0) is 19.6. The zero-order valence-electron chi connectivity index (χ0n) is 17.3. The highest BCUT2D eigenvalue weighted by molar-refractivity contribution is 14.0. The first kappa shape index (κ1) is 24.8. The molecule has 7 nitrogen and oxygen atoms in total. The van der Waals surface area contributed by atoms with E-state index < -0.39 is 6.10 Å². The summed E-state index contributed by atoms with van der Waals surface area (Å²) < 4.78 is 16.2. The summed E-state index contributed by atoms with van der Waals surface area (Å²) in [4.78, 5) is 6.59. The molecule has 1 saturated carbocycles. The summed E-state index contributed by atoms with van der Waals surface area (Å²) in [5, 5.41) is 13.8. The second kappa shape index (κ2) is 13.1. The highest BCUT2D eigenvalue weighted by Gasteiger charge is 2.21. The van der Waals surface area contributed by atoms with Crippen LogP contribution >= 0.6 is 24.0 Å². The molecule has 1 atom stereocenters. The molecule has 160 valence electrons. The average molecular weight is 507 g/mol. The molecule has 0 amide bonds. The van der Waals surface area contributed by atoms with Gasteiger partial charge in [0.25, 0.3) is 0 Å². The first-order valence-corrected chi connectivity index (χ1v) is 9.55. The van der Waals surface area contributed by atoms with E-state index in [-0.39, 0.29) is 30.5 Å². The number of rotatable bonds is 11. The fraction of sp³-hybridized carbons (Fsp3) is 0.650. The molecule has 0 spiro atoms. The number of likely N-dealkylation sites (N-methyl/N-ethyl adjacent to an activating group) is 1. The third-order valence-electron chi connectivity index (χ3n) is 4.49. The molecule has 0 heterocycles. The van der Waals surface area contributed by atoms with Crippen LogP contribution in [0, 0.1) is 5.92 Å². The van der Waals surface area contributed by atoms with Crippen LogP contribution in [0.25, 0.3) is 0 Å². The van der Waals surface area contributed by atoms with Crippen LogP contribution < -0.4 is 14.8 Å². The number of ether oxygens (including phenoxy) is 3. The van der Waals surface area contributed by atoms with E-state index in [1.165, 1.54) is 12.8 Å². The second-order valence-electron chi connectivity index (χ2n) is 6.80. The van der Waals surface area contributed by atoms with E-state index in [1.807, 2.05) is 18.9 Å². The molecule has 2 rings (SSSR count). The van der Waals surface area contributed by atoms with Crippen LogP contribution in [0.3, 0.4) is 0 Å². The Labute approximate surface area is 185 Å². The lowest BCUT2D eigenvalue weighted by atomic mass is 10.1. The normalized spacial score (nSPS) is 14.8. The Hall–Kier alpha value is -1.26. The highest BCUT2D eigenvalue weighted by atomic mass is 127. The van der Waals surface area contributed by atoms with Gasteiger partial charge in [0, 0.05) is 32.8 Å². The van der Waals surface area contributed by atoms with Crippen molar-refractivity contribution in [1.29, 1.82) is 0 Å². The summed E-state index contributed by atoms with van der Waals surface area (Å²) in [6.45, 7) is 5.31. The number of aliphatic hydroxyl groups excluding tert-OH is 1. The number of nitrogens with zero attached hydrogens (tertiary/aromatic N) is 2. The van der Waals surface area contributed by atoms with Crippen LogP contribution in [-0.2, 0) is 4.74 Å². The van der Waals surface area contributed by atoms with Gasteiger partial charge in [-0.2, -0.15) is 0 Å². The van der Waals surface area contributed by atoms with E-state index >= 15 is 0 Å². The number of nitrogens with one attached hydrogen (secondary N) is 1. The van der Waals surface area contributed by atoms with E-state index in [0.29, 0.717) is 23.7 Å². The SMILES string of the molecule is CCNC(=NCC(O)c1cc(OC)cc(OC)c1)N(C)CCOCC1CC1.I. The lowest BCUT2D eigenvalue weighted by molar-refractivity contribution is 0.115. The third-order valence-corrected chi connectivity index (χ3v) is 4.49. The summed E-state index contributed by atoms with van der Waals surface area (Å²) in [6, 6.07) is 5.37. The number of guanidine groups is 1. The quantitative estimate of drug-likeness (QED) is 0.208. The van der Waals surface area contributed by atoms with E-state index in [4.69, 9.17) is 14.2 Å². The summed E-state index contributed by atoms with van der Waals surface area (Å²) in [5.74, 6) is 2.81. The first-order valence-electron chi connectivity index (χ1n) is 9.55. The van der Waals surface area contributed by atoms with Crippen molar-refractivity contribution < 1.29 is 19.3 Å². The van der Waals surface area contributed by atoms with Crippen molar-refractivity contribution in [2.24, 2.45) is 10.9 Å². The largest absolute Gasteiger partial charge is 0.497 e. The van der Waals surface area contributed by atoms with Crippen molar-refractivity contribution in [2.45, 2.75) is 25.9 Å². The molecule has 1 aromatic rings. The third kappa shape index (κ3) is 8.40. The maximum atomic E-state index is 10.6. The number of benzene rings is 1. The number of hydrogen-bond acceptors (Lipinski definition) is 5. The maximum Gasteiger partial charge on any atom is 0.193 e. The van der Waals surface area contributed by atoms with Crippen molar-refractivity contribution in [3.8, 4) is 11.5 Å². The fourth-order valence-electron chi connectivity index (χ4n) is 2.61. The van der Waals surface area contributed by atoms with Crippen LogP contribution in [0.15, 0.2) is 23.2 Å². The molecule has 1 aromatic carbocycles. The van der Waals surface area contributed by atoms with Crippen LogP contribution in [0.4, 0.5) is 0 Å². The van der Waals surface area contributed by atoms with Gasteiger partial charge in [0.1, 0.15) is 11.5 Å². The summed E-state index contributed by atoms with van der Waals surface area (Å²) in [7, 11) is 5.15. The van der Waals surface area contributed by atoms with Gasteiger partial charge in [-0.1, -0.05) is 0 Å². The van der Waals surface area contributed by atoms with Crippen molar-refractivity contribution in [3.63, 3.8) is 0 Å². The molecule has 0 saturated heterocycles. The summed E-state index contributed by atoms with van der Waals surface area (Å²) in [5.41, 5.74) is 0.709. The van der Waals surface area contributed by atoms with Crippen LogP contribution in [0.5, 0.6) is 11.5 Å². The lowest BCUT2D eigenvalue weighted by Crippen LogP contribution is -2.40. The van der Waals surface area contributed by atoms with Crippen molar-refractivity contribution >= 4 is 29.9 Å². The molecule has 1 unspecified atom stereocenters. The average Bonchev–Trinajstić information content (AvgIpc) is 3.51. The Morgan fingerprint density at radius 3 is 2.43 bits per heavy atom. The number of aliphatic hydroxyl groups is 1. The second-order valence-corrected chi connectivity index (χ2v) is 6.80. The standard InChI is InChI=1S/C20H33N3O4.HI/c1-5-21-20(23(2)8-9-27-14-15-6-7-15)22-13-19(24)16-10-17(25-3)12-18(11-16)26-4;/h10-12,15,19,24H,5-9,13-14H2,1-4H3,(H,21,22);1H. The van der Waals surface area contributed by atoms with Gasteiger partial charge in [0.15, 0.2) is 5.96 Å². The van der Waals surface area contributed by atoms with Gasteiger partial charge in [-0.25, -0.2) is 0 Å². The van der Waals surface area contributed by atoms with Gasteiger partial charge in [-0.15, -0.1) is 24.0 Å². The molecular weight excluding hydrogens is 473 g/mol.